The quantitative estimate of drug-likeness (QED) is 0.697. The fourth-order valence-electron chi connectivity index (χ4n) is 2.59. The zero-order chi connectivity index (χ0) is 14.1. The minimum absolute atomic E-state index is 1.06. The van der Waals surface area contributed by atoms with Crippen LogP contribution in [-0.2, 0) is 0 Å². The van der Waals surface area contributed by atoms with Gasteiger partial charge in [-0.25, -0.2) is 0 Å². The van der Waals surface area contributed by atoms with Crippen LogP contribution in [-0.4, -0.2) is 24.0 Å². The van der Waals surface area contributed by atoms with E-state index in [4.69, 9.17) is 0 Å². The molecule has 1 heterocycles. The van der Waals surface area contributed by atoms with E-state index in [1.807, 2.05) is 32.1 Å². The van der Waals surface area contributed by atoms with E-state index < -0.39 is 0 Å². The van der Waals surface area contributed by atoms with Crippen LogP contribution in [0.3, 0.4) is 0 Å². The van der Waals surface area contributed by atoms with E-state index in [0.29, 0.717) is 0 Å². The molecule has 0 aliphatic heterocycles. The summed E-state index contributed by atoms with van der Waals surface area (Å²) in [5.41, 5.74) is 7.42. The molecule has 1 aliphatic carbocycles. The number of fused-ring (bicyclic) bond motifs is 3. The summed E-state index contributed by atoms with van der Waals surface area (Å²) in [5, 5.41) is 0. The molecule has 20 heavy (non-hydrogen) atoms. The molecular weight excluding hydrogens is 244 g/mol. The van der Waals surface area contributed by atoms with Crippen molar-refractivity contribution in [2.75, 3.05) is 14.1 Å². The lowest BCUT2D eigenvalue weighted by molar-refractivity contribution is 0.564. The molecule has 0 atom stereocenters. The highest BCUT2D eigenvalue weighted by molar-refractivity contribution is 6.01. The summed E-state index contributed by atoms with van der Waals surface area (Å²) in [4.78, 5) is 6.49. The molecule has 1 aromatic carbocycles. The fourth-order valence-corrected chi connectivity index (χ4v) is 2.59. The number of nitrogens with zero attached hydrogens (tertiary/aromatic N) is 2. The molecule has 100 valence electrons. The first kappa shape index (κ1) is 12.7. The van der Waals surface area contributed by atoms with Crippen molar-refractivity contribution in [3.63, 3.8) is 0 Å². The van der Waals surface area contributed by atoms with E-state index >= 15 is 0 Å². The topological polar surface area (TPSA) is 16.1 Å². The van der Waals surface area contributed by atoms with Gasteiger partial charge >= 0.3 is 0 Å². The molecular formula is C18H18N2. The van der Waals surface area contributed by atoms with Crippen LogP contribution >= 0.6 is 0 Å². The molecule has 2 nitrogen and oxygen atoms in total. The number of allylic oxidation sites excluding steroid dienone is 2. The van der Waals surface area contributed by atoms with E-state index in [-0.39, 0.29) is 0 Å². The number of aromatic nitrogens is 1. The van der Waals surface area contributed by atoms with Gasteiger partial charge in [-0.1, -0.05) is 30.3 Å². The maximum Gasteiger partial charge on any atom is 0.0379 e. The third-order valence-electron chi connectivity index (χ3n) is 3.49. The first-order valence-electron chi connectivity index (χ1n) is 6.78. The van der Waals surface area contributed by atoms with E-state index in [0.717, 1.165) is 5.69 Å². The normalized spacial score (nSPS) is 14.7. The number of aryl methyl sites for hydroxylation is 1. The number of pyridine rings is 1. The molecule has 1 aliphatic rings. The fraction of sp³-hybridized carbons (Fsp3) is 0.167. The second-order valence-electron chi connectivity index (χ2n) is 5.30. The Morgan fingerprint density at radius 2 is 1.75 bits per heavy atom. The van der Waals surface area contributed by atoms with Crippen LogP contribution in [0.1, 0.15) is 16.8 Å². The molecule has 0 bridgehead atoms. The van der Waals surface area contributed by atoms with Gasteiger partial charge in [-0.3, -0.25) is 4.98 Å². The third kappa shape index (κ3) is 2.14. The van der Waals surface area contributed by atoms with Crippen LogP contribution in [0.25, 0.3) is 16.7 Å². The van der Waals surface area contributed by atoms with Crippen LogP contribution in [0.15, 0.2) is 54.9 Å². The molecule has 0 fully saturated rings. The van der Waals surface area contributed by atoms with Crippen molar-refractivity contribution in [1.82, 2.24) is 9.88 Å². The van der Waals surface area contributed by atoms with Crippen LogP contribution in [0, 0.1) is 6.92 Å². The Morgan fingerprint density at radius 3 is 2.50 bits per heavy atom. The molecule has 3 rings (SSSR count). The highest BCUT2D eigenvalue weighted by Gasteiger charge is 2.22. The summed E-state index contributed by atoms with van der Waals surface area (Å²) >= 11 is 0. The minimum atomic E-state index is 1.06. The summed E-state index contributed by atoms with van der Waals surface area (Å²) in [5.74, 6) is 0. The molecule has 0 saturated carbocycles. The van der Waals surface area contributed by atoms with E-state index in [9.17, 15) is 0 Å². The van der Waals surface area contributed by atoms with Gasteiger partial charge in [0.15, 0.2) is 0 Å². The van der Waals surface area contributed by atoms with E-state index in [2.05, 4.69) is 53.7 Å². The average Bonchev–Trinajstić information content (AvgIpc) is 2.73. The van der Waals surface area contributed by atoms with Gasteiger partial charge in [0.25, 0.3) is 0 Å². The van der Waals surface area contributed by atoms with Gasteiger partial charge in [-0.2, -0.15) is 0 Å². The molecule has 0 radical (unpaired) electrons. The Morgan fingerprint density at radius 1 is 1.00 bits per heavy atom. The zero-order valence-corrected chi connectivity index (χ0v) is 12.1. The summed E-state index contributed by atoms with van der Waals surface area (Å²) < 4.78 is 0. The molecule has 0 N–H and O–H groups in total. The van der Waals surface area contributed by atoms with Crippen molar-refractivity contribution in [2.24, 2.45) is 0 Å². The van der Waals surface area contributed by atoms with Gasteiger partial charge < -0.3 is 4.90 Å². The summed E-state index contributed by atoms with van der Waals surface area (Å²) in [6.45, 7) is 2.04. The van der Waals surface area contributed by atoms with E-state index in [1.54, 1.807) is 0 Å². The second-order valence-corrected chi connectivity index (χ2v) is 5.30. The predicted molar refractivity (Wildman–Crippen MR) is 84.3 cm³/mol. The lowest BCUT2D eigenvalue weighted by Gasteiger charge is -2.03. The first-order valence-corrected chi connectivity index (χ1v) is 6.78. The van der Waals surface area contributed by atoms with Crippen molar-refractivity contribution < 1.29 is 0 Å². The molecule has 2 aromatic rings. The molecule has 0 saturated heterocycles. The third-order valence-corrected chi connectivity index (χ3v) is 3.49. The molecule has 0 spiro atoms. The van der Waals surface area contributed by atoms with Gasteiger partial charge in [0.2, 0.25) is 0 Å². The molecule has 0 unspecified atom stereocenters. The van der Waals surface area contributed by atoms with Crippen molar-refractivity contribution in [3.8, 4) is 11.1 Å². The number of rotatable bonds is 2. The van der Waals surface area contributed by atoms with Crippen molar-refractivity contribution in [3.05, 3.63) is 71.7 Å². The highest BCUT2D eigenvalue weighted by atomic mass is 15.0. The largest absolute Gasteiger partial charge is 0.383 e. The lowest BCUT2D eigenvalue weighted by Crippen LogP contribution is -1.99. The number of hydrogen-bond acceptors (Lipinski definition) is 2. The smallest absolute Gasteiger partial charge is 0.0379 e. The number of hydrogen-bond donors (Lipinski definition) is 0. The van der Waals surface area contributed by atoms with Crippen molar-refractivity contribution in [1.29, 1.82) is 0 Å². The Kier molecular flexibility index (Phi) is 3.15. The van der Waals surface area contributed by atoms with Gasteiger partial charge in [0.05, 0.1) is 0 Å². The number of benzene rings is 1. The zero-order valence-electron chi connectivity index (χ0n) is 12.1. The molecule has 1 aromatic heterocycles. The minimum Gasteiger partial charge on any atom is -0.383 e. The summed E-state index contributed by atoms with van der Waals surface area (Å²) in [6, 6.07) is 10.7. The van der Waals surface area contributed by atoms with Crippen LogP contribution < -0.4 is 0 Å². The van der Waals surface area contributed by atoms with Gasteiger partial charge in [-0.05, 0) is 47.5 Å². The second kappa shape index (κ2) is 4.97. The Hall–Kier alpha value is -2.35. The monoisotopic (exact) mass is 262 g/mol. The highest BCUT2D eigenvalue weighted by Crippen LogP contribution is 2.43. The summed E-state index contributed by atoms with van der Waals surface area (Å²) in [7, 11) is 4.05. The maximum atomic E-state index is 4.45. The molecule has 0 amide bonds. The molecule has 2 heteroatoms. The van der Waals surface area contributed by atoms with Crippen LogP contribution in [0.5, 0.6) is 0 Å². The predicted octanol–water partition coefficient (Wildman–Crippen LogP) is 3.88. The van der Waals surface area contributed by atoms with Gasteiger partial charge in [0, 0.05) is 31.5 Å². The Bertz CT molecular complexity index is 709. The van der Waals surface area contributed by atoms with Gasteiger partial charge in [-0.15, -0.1) is 0 Å². The lowest BCUT2D eigenvalue weighted by atomic mass is 10.0. The van der Waals surface area contributed by atoms with Crippen LogP contribution in [0.2, 0.25) is 0 Å². The van der Waals surface area contributed by atoms with Crippen molar-refractivity contribution >= 4 is 5.57 Å². The van der Waals surface area contributed by atoms with Crippen LogP contribution in [0.4, 0.5) is 0 Å². The first-order chi connectivity index (χ1) is 9.66. The van der Waals surface area contributed by atoms with E-state index in [1.165, 1.54) is 27.8 Å². The Labute approximate surface area is 120 Å². The summed E-state index contributed by atoms with van der Waals surface area (Å²) in [6.07, 6.45) is 8.29. The standard InChI is InChI=1S/C18H18N2/c1-13-11-17-15-8-5-4-7-14(15)16(18(17)12-19-13)9-6-10-20(2)3/h4-12H,1-3H3/b10-6+,16-9-. The average molecular weight is 262 g/mol. The van der Waals surface area contributed by atoms with Crippen molar-refractivity contribution in [2.45, 2.75) is 6.92 Å². The Balaban J connectivity index is 2.17. The van der Waals surface area contributed by atoms with Gasteiger partial charge in [0.1, 0.15) is 0 Å². The maximum absolute atomic E-state index is 4.45. The SMILES string of the molecule is Cc1cc2c(cn1)/C(=C\C=C\N(C)C)c1ccccc1-2.